The number of nitrogens with zero attached hydrogens (tertiary/aromatic N) is 1. The molecule has 0 aliphatic rings. The number of hydrogen-bond donors (Lipinski definition) is 1. The average molecular weight is 242 g/mol. The van der Waals surface area contributed by atoms with Gasteiger partial charge in [-0.05, 0) is 30.7 Å². The van der Waals surface area contributed by atoms with Gasteiger partial charge in [0.2, 0.25) is 0 Å². The molecule has 2 nitrogen and oxygen atoms in total. The van der Waals surface area contributed by atoms with E-state index in [0.717, 1.165) is 31.5 Å². The van der Waals surface area contributed by atoms with Gasteiger partial charge in [-0.25, -0.2) is 8.78 Å². The Kier molecular flexibility index (Phi) is 6.08. The van der Waals surface area contributed by atoms with Crippen LogP contribution in [-0.4, -0.2) is 24.5 Å². The first-order valence-electron chi connectivity index (χ1n) is 6.03. The molecule has 0 saturated heterocycles. The monoisotopic (exact) mass is 242 g/mol. The number of rotatable bonds is 7. The van der Waals surface area contributed by atoms with Crippen LogP contribution in [-0.2, 0) is 6.54 Å². The Balaban J connectivity index is 2.61. The van der Waals surface area contributed by atoms with E-state index in [-0.39, 0.29) is 0 Å². The highest BCUT2D eigenvalue weighted by Gasteiger charge is 2.07. The molecule has 0 fully saturated rings. The van der Waals surface area contributed by atoms with Crippen molar-refractivity contribution in [3.8, 4) is 0 Å². The zero-order valence-corrected chi connectivity index (χ0v) is 10.3. The highest BCUT2D eigenvalue weighted by Crippen LogP contribution is 2.11. The summed E-state index contributed by atoms with van der Waals surface area (Å²) in [5, 5.41) is 0. The molecule has 17 heavy (non-hydrogen) atoms. The SMILES string of the molecule is CCCCN(CCN)Cc1ccc(F)c(F)c1. The van der Waals surface area contributed by atoms with Crippen LogP contribution < -0.4 is 5.73 Å². The summed E-state index contributed by atoms with van der Waals surface area (Å²) in [4.78, 5) is 2.16. The minimum Gasteiger partial charge on any atom is -0.329 e. The minimum atomic E-state index is -0.798. The van der Waals surface area contributed by atoms with Gasteiger partial charge in [0.25, 0.3) is 0 Å². The van der Waals surface area contributed by atoms with Gasteiger partial charge in [0.15, 0.2) is 11.6 Å². The lowest BCUT2D eigenvalue weighted by atomic mass is 10.2. The smallest absolute Gasteiger partial charge is 0.159 e. The quantitative estimate of drug-likeness (QED) is 0.796. The summed E-state index contributed by atoms with van der Waals surface area (Å²) in [5.74, 6) is -1.58. The maximum absolute atomic E-state index is 13.0. The van der Waals surface area contributed by atoms with Crippen LogP contribution in [0.1, 0.15) is 25.3 Å². The maximum atomic E-state index is 13.0. The van der Waals surface area contributed by atoms with Crippen molar-refractivity contribution in [2.45, 2.75) is 26.3 Å². The molecular formula is C13H20F2N2. The van der Waals surface area contributed by atoms with Crippen molar-refractivity contribution in [1.29, 1.82) is 0 Å². The van der Waals surface area contributed by atoms with Gasteiger partial charge in [-0.3, -0.25) is 4.90 Å². The standard InChI is InChI=1S/C13H20F2N2/c1-2-3-7-17(8-6-16)10-11-4-5-12(14)13(15)9-11/h4-5,9H,2-3,6-8,10,16H2,1H3. The van der Waals surface area contributed by atoms with Crippen LogP contribution in [0.3, 0.4) is 0 Å². The summed E-state index contributed by atoms with van der Waals surface area (Å²) >= 11 is 0. The van der Waals surface area contributed by atoms with Crippen molar-refractivity contribution in [1.82, 2.24) is 4.90 Å². The Bertz CT molecular complexity index is 342. The summed E-state index contributed by atoms with van der Waals surface area (Å²) < 4.78 is 25.8. The van der Waals surface area contributed by atoms with Crippen LogP contribution in [0.15, 0.2) is 18.2 Å². The molecule has 0 radical (unpaired) electrons. The third kappa shape index (κ3) is 4.79. The molecule has 0 bridgehead atoms. The first-order valence-corrected chi connectivity index (χ1v) is 6.03. The Hall–Kier alpha value is -1.00. The third-order valence-electron chi connectivity index (χ3n) is 2.66. The van der Waals surface area contributed by atoms with Crippen molar-refractivity contribution >= 4 is 0 Å². The molecule has 4 heteroatoms. The van der Waals surface area contributed by atoms with Gasteiger partial charge in [-0.2, -0.15) is 0 Å². The van der Waals surface area contributed by atoms with E-state index >= 15 is 0 Å². The van der Waals surface area contributed by atoms with Crippen molar-refractivity contribution < 1.29 is 8.78 Å². The van der Waals surface area contributed by atoms with Gasteiger partial charge in [0.05, 0.1) is 0 Å². The molecule has 0 amide bonds. The molecule has 0 aliphatic carbocycles. The molecule has 0 atom stereocenters. The van der Waals surface area contributed by atoms with Gasteiger partial charge >= 0.3 is 0 Å². The van der Waals surface area contributed by atoms with E-state index in [0.29, 0.717) is 13.1 Å². The van der Waals surface area contributed by atoms with E-state index in [1.807, 2.05) is 0 Å². The minimum absolute atomic E-state index is 0.577. The lowest BCUT2D eigenvalue weighted by molar-refractivity contribution is 0.268. The van der Waals surface area contributed by atoms with Crippen molar-refractivity contribution in [2.24, 2.45) is 5.73 Å². The lowest BCUT2D eigenvalue weighted by Gasteiger charge is -2.21. The summed E-state index contributed by atoms with van der Waals surface area (Å²) in [6.45, 7) is 5.03. The first-order chi connectivity index (χ1) is 8.17. The topological polar surface area (TPSA) is 29.3 Å². The van der Waals surface area contributed by atoms with E-state index in [1.54, 1.807) is 6.07 Å². The van der Waals surface area contributed by atoms with Gasteiger partial charge < -0.3 is 5.73 Å². The first kappa shape index (κ1) is 14.1. The van der Waals surface area contributed by atoms with E-state index < -0.39 is 11.6 Å². The molecule has 0 aliphatic heterocycles. The highest BCUT2D eigenvalue weighted by atomic mass is 19.2. The predicted octanol–water partition coefficient (Wildman–Crippen LogP) is 2.53. The lowest BCUT2D eigenvalue weighted by Crippen LogP contribution is -2.30. The van der Waals surface area contributed by atoms with Crippen molar-refractivity contribution in [2.75, 3.05) is 19.6 Å². The zero-order valence-electron chi connectivity index (χ0n) is 10.3. The van der Waals surface area contributed by atoms with Gasteiger partial charge in [-0.15, -0.1) is 0 Å². The molecule has 2 N–H and O–H groups in total. The fraction of sp³-hybridized carbons (Fsp3) is 0.538. The average Bonchev–Trinajstić information content (AvgIpc) is 2.31. The highest BCUT2D eigenvalue weighted by molar-refractivity contribution is 5.17. The second-order valence-corrected chi connectivity index (χ2v) is 4.17. The largest absolute Gasteiger partial charge is 0.329 e. The fourth-order valence-corrected chi connectivity index (χ4v) is 1.73. The van der Waals surface area contributed by atoms with Crippen molar-refractivity contribution in [3.63, 3.8) is 0 Å². The Morgan fingerprint density at radius 3 is 2.53 bits per heavy atom. The van der Waals surface area contributed by atoms with Crippen LogP contribution in [0.5, 0.6) is 0 Å². The summed E-state index contributed by atoms with van der Waals surface area (Å²) in [6.07, 6.45) is 2.20. The molecule has 96 valence electrons. The van der Waals surface area contributed by atoms with Crippen LogP contribution >= 0.6 is 0 Å². The maximum Gasteiger partial charge on any atom is 0.159 e. The molecule has 0 spiro atoms. The van der Waals surface area contributed by atoms with E-state index in [1.165, 1.54) is 12.1 Å². The Morgan fingerprint density at radius 1 is 1.18 bits per heavy atom. The third-order valence-corrected chi connectivity index (χ3v) is 2.66. The van der Waals surface area contributed by atoms with Gasteiger partial charge in [0.1, 0.15) is 0 Å². The number of unbranched alkanes of at least 4 members (excludes halogenated alkanes) is 1. The van der Waals surface area contributed by atoms with E-state index in [9.17, 15) is 8.78 Å². The van der Waals surface area contributed by atoms with E-state index in [4.69, 9.17) is 5.73 Å². The second kappa shape index (κ2) is 7.35. The molecule has 0 unspecified atom stereocenters. The summed E-state index contributed by atoms with van der Waals surface area (Å²) in [7, 11) is 0. The van der Waals surface area contributed by atoms with E-state index in [2.05, 4.69) is 11.8 Å². The Morgan fingerprint density at radius 2 is 1.94 bits per heavy atom. The number of benzene rings is 1. The van der Waals surface area contributed by atoms with Gasteiger partial charge in [-0.1, -0.05) is 19.4 Å². The van der Waals surface area contributed by atoms with Crippen LogP contribution in [0.4, 0.5) is 8.78 Å². The molecule has 1 aromatic carbocycles. The number of halogens is 2. The molecule has 0 heterocycles. The Labute approximate surface area is 101 Å². The molecule has 0 aromatic heterocycles. The van der Waals surface area contributed by atoms with Gasteiger partial charge in [0, 0.05) is 19.6 Å². The van der Waals surface area contributed by atoms with Crippen molar-refractivity contribution in [3.05, 3.63) is 35.4 Å². The predicted molar refractivity (Wildman–Crippen MR) is 65.6 cm³/mol. The van der Waals surface area contributed by atoms with Crippen LogP contribution in [0.25, 0.3) is 0 Å². The molecule has 0 saturated carbocycles. The zero-order chi connectivity index (χ0) is 12.7. The number of nitrogens with two attached hydrogens (primary N) is 1. The summed E-state index contributed by atoms with van der Waals surface area (Å²) in [6, 6.07) is 4.05. The normalized spacial score (nSPS) is 11.1. The number of hydrogen-bond acceptors (Lipinski definition) is 2. The van der Waals surface area contributed by atoms with Crippen LogP contribution in [0, 0.1) is 11.6 Å². The molecule has 1 rings (SSSR count). The second-order valence-electron chi connectivity index (χ2n) is 4.17. The van der Waals surface area contributed by atoms with Crippen LogP contribution in [0.2, 0.25) is 0 Å². The molecule has 1 aromatic rings. The summed E-state index contributed by atoms with van der Waals surface area (Å²) in [5.41, 5.74) is 6.32. The molecular weight excluding hydrogens is 222 g/mol. The fourth-order valence-electron chi connectivity index (χ4n) is 1.73.